The molecule has 0 saturated carbocycles. The Morgan fingerprint density at radius 2 is 2.46 bits per heavy atom. The van der Waals surface area contributed by atoms with Crippen molar-refractivity contribution in [1.29, 1.82) is 0 Å². The number of carbonyl (C=O) groups is 2. The van der Waals surface area contributed by atoms with Crippen molar-refractivity contribution < 1.29 is 19.4 Å². The minimum Gasteiger partial charge on any atom is -0.481 e. The van der Waals surface area contributed by atoms with Crippen molar-refractivity contribution in [3.05, 3.63) is 12.2 Å². The molecule has 3 atom stereocenters. The van der Waals surface area contributed by atoms with Gasteiger partial charge >= 0.3 is 11.9 Å². The number of esters is 1. The van der Waals surface area contributed by atoms with Crippen LogP contribution in [0.3, 0.4) is 0 Å². The molecule has 1 unspecified atom stereocenters. The van der Waals surface area contributed by atoms with Crippen molar-refractivity contribution in [2.24, 2.45) is 11.8 Å². The molecule has 1 N–H and O–H groups in total. The zero-order chi connectivity index (χ0) is 9.64. The molecule has 1 aliphatic heterocycles. The van der Waals surface area contributed by atoms with Crippen LogP contribution in [0.4, 0.5) is 0 Å². The second-order valence-corrected chi connectivity index (χ2v) is 3.71. The van der Waals surface area contributed by atoms with Gasteiger partial charge in [0.15, 0.2) is 0 Å². The Hall–Kier alpha value is -1.32. The second-order valence-electron chi connectivity index (χ2n) is 3.71. The maximum absolute atomic E-state index is 11.2. The van der Waals surface area contributed by atoms with Crippen molar-refractivity contribution in [2.75, 3.05) is 0 Å². The highest BCUT2D eigenvalue weighted by molar-refractivity contribution is 5.87. The van der Waals surface area contributed by atoms with Crippen LogP contribution in [0, 0.1) is 11.8 Å². The van der Waals surface area contributed by atoms with Crippen molar-refractivity contribution in [2.45, 2.75) is 18.9 Å². The Morgan fingerprint density at radius 1 is 1.77 bits per heavy atom. The van der Waals surface area contributed by atoms with E-state index in [-0.39, 0.29) is 0 Å². The van der Waals surface area contributed by atoms with Gasteiger partial charge in [0.05, 0.1) is 5.92 Å². The van der Waals surface area contributed by atoms with Crippen LogP contribution in [0.1, 0.15) is 13.3 Å². The fraction of sp³-hybridized carbons (Fsp3) is 0.556. The van der Waals surface area contributed by atoms with Crippen molar-refractivity contribution in [3.63, 3.8) is 0 Å². The van der Waals surface area contributed by atoms with Crippen LogP contribution in [-0.2, 0) is 14.3 Å². The highest BCUT2D eigenvalue weighted by Crippen LogP contribution is 2.43. The molecule has 0 amide bonds. The van der Waals surface area contributed by atoms with Gasteiger partial charge in [-0.3, -0.25) is 9.59 Å². The highest BCUT2D eigenvalue weighted by Gasteiger charge is 2.56. The third-order valence-electron chi connectivity index (χ3n) is 2.76. The maximum atomic E-state index is 11.2. The molecular formula is C9H10O4. The summed E-state index contributed by atoms with van der Waals surface area (Å²) < 4.78 is 5.06. The zero-order valence-corrected chi connectivity index (χ0v) is 7.19. The van der Waals surface area contributed by atoms with Crippen LogP contribution in [-0.4, -0.2) is 22.6 Å². The lowest BCUT2D eigenvalue weighted by Crippen LogP contribution is -2.40. The first-order chi connectivity index (χ1) is 6.04. The summed E-state index contributed by atoms with van der Waals surface area (Å²) in [5.41, 5.74) is -0.831. The van der Waals surface area contributed by atoms with Gasteiger partial charge in [-0.2, -0.15) is 0 Å². The SMILES string of the molecule is C[C@@]12CC=C[C@@H](C(=O)O1)C2C(=O)O. The van der Waals surface area contributed by atoms with Gasteiger partial charge in [-0.25, -0.2) is 0 Å². The Balaban J connectivity index is 2.44. The second kappa shape index (κ2) is 2.34. The van der Waals surface area contributed by atoms with E-state index in [1.807, 2.05) is 6.08 Å². The Bertz CT molecular complexity index is 307. The standard InChI is InChI=1S/C9H10O4/c1-9-4-2-3-5(8(12)13-9)6(9)7(10)11/h2-3,5-6H,4H2,1H3,(H,10,11)/t5-,6?,9+/m1/s1. The molecule has 70 valence electrons. The van der Waals surface area contributed by atoms with Crippen LogP contribution in [0.2, 0.25) is 0 Å². The van der Waals surface area contributed by atoms with Crippen LogP contribution in [0.15, 0.2) is 12.2 Å². The Morgan fingerprint density at radius 3 is 2.92 bits per heavy atom. The van der Waals surface area contributed by atoms with Crippen LogP contribution >= 0.6 is 0 Å². The number of carbonyl (C=O) groups excluding carboxylic acids is 1. The number of hydrogen-bond acceptors (Lipinski definition) is 3. The topological polar surface area (TPSA) is 63.6 Å². The molecular weight excluding hydrogens is 172 g/mol. The molecule has 2 rings (SSSR count). The van der Waals surface area contributed by atoms with E-state index in [2.05, 4.69) is 0 Å². The average Bonchev–Trinajstić information content (AvgIpc) is 2.15. The van der Waals surface area contributed by atoms with Gasteiger partial charge in [-0.05, 0) is 6.92 Å². The fourth-order valence-corrected chi connectivity index (χ4v) is 2.10. The quantitative estimate of drug-likeness (QED) is 0.476. The molecule has 0 radical (unpaired) electrons. The average molecular weight is 182 g/mol. The number of carboxylic acid groups (broad SMARTS) is 1. The van der Waals surface area contributed by atoms with Crippen molar-refractivity contribution in [1.82, 2.24) is 0 Å². The monoisotopic (exact) mass is 182 g/mol. The molecule has 4 nitrogen and oxygen atoms in total. The highest BCUT2D eigenvalue weighted by atomic mass is 16.6. The minimum atomic E-state index is -0.956. The van der Waals surface area contributed by atoms with Gasteiger partial charge in [-0.15, -0.1) is 0 Å². The van der Waals surface area contributed by atoms with E-state index in [9.17, 15) is 9.59 Å². The van der Waals surface area contributed by atoms with E-state index in [1.165, 1.54) is 0 Å². The smallest absolute Gasteiger partial charge is 0.314 e. The first-order valence-electron chi connectivity index (χ1n) is 4.17. The maximum Gasteiger partial charge on any atom is 0.314 e. The van der Waals surface area contributed by atoms with Crippen LogP contribution in [0.5, 0.6) is 0 Å². The first kappa shape index (κ1) is 8.29. The van der Waals surface area contributed by atoms with Gasteiger partial charge in [0.1, 0.15) is 11.5 Å². The number of fused-ring (bicyclic) bond motifs is 2. The fourth-order valence-electron chi connectivity index (χ4n) is 2.10. The van der Waals surface area contributed by atoms with Crippen LogP contribution < -0.4 is 0 Å². The van der Waals surface area contributed by atoms with E-state index < -0.39 is 29.4 Å². The summed E-state index contributed by atoms with van der Waals surface area (Å²) >= 11 is 0. The number of ether oxygens (including phenoxy) is 1. The molecule has 0 aromatic carbocycles. The number of rotatable bonds is 1. The van der Waals surface area contributed by atoms with Gasteiger partial charge in [0, 0.05) is 6.42 Å². The normalized spacial score (nSPS) is 41.8. The van der Waals surface area contributed by atoms with Crippen molar-refractivity contribution >= 4 is 11.9 Å². The molecule has 1 fully saturated rings. The van der Waals surface area contributed by atoms with Gasteiger partial charge in [0.25, 0.3) is 0 Å². The summed E-state index contributed by atoms with van der Waals surface area (Å²) in [7, 11) is 0. The molecule has 2 bridgehead atoms. The lowest BCUT2D eigenvalue weighted by molar-refractivity contribution is -0.152. The number of carboxylic acids is 1. The molecule has 0 aromatic heterocycles. The lowest BCUT2D eigenvalue weighted by atomic mass is 9.76. The number of hydrogen-bond donors (Lipinski definition) is 1. The third kappa shape index (κ3) is 0.978. The van der Waals surface area contributed by atoms with Gasteiger partial charge < -0.3 is 9.84 Å². The van der Waals surface area contributed by atoms with E-state index >= 15 is 0 Å². The largest absolute Gasteiger partial charge is 0.481 e. The summed E-state index contributed by atoms with van der Waals surface area (Å²) in [6.45, 7) is 1.67. The molecule has 4 heteroatoms. The molecule has 2 aliphatic rings. The molecule has 1 aliphatic carbocycles. The molecule has 0 aromatic rings. The molecule has 1 heterocycles. The number of aliphatic carboxylic acids is 1. The molecule has 0 spiro atoms. The Kier molecular flexibility index (Phi) is 1.49. The predicted octanol–water partition coefficient (Wildman–Crippen LogP) is 0.579. The summed E-state index contributed by atoms with van der Waals surface area (Å²) in [6.07, 6.45) is 3.94. The van der Waals surface area contributed by atoms with Crippen molar-refractivity contribution in [3.8, 4) is 0 Å². The summed E-state index contributed by atoms with van der Waals surface area (Å²) in [4.78, 5) is 22.1. The Labute approximate surface area is 75.2 Å². The van der Waals surface area contributed by atoms with E-state index in [0.717, 1.165) is 0 Å². The summed E-state index contributed by atoms with van der Waals surface area (Å²) in [5.74, 6) is -2.67. The molecule has 1 saturated heterocycles. The third-order valence-corrected chi connectivity index (χ3v) is 2.76. The van der Waals surface area contributed by atoms with E-state index in [4.69, 9.17) is 9.84 Å². The van der Waals surface area contributed by atoms with E-state index in [0.29, 0.717) is 6.42 Å². The molecule has 13 heavy (non-hydrogen) atoms. The van der Waals surface area contributed by atoms with Gasteiger partial charge in [0.2, 0.25) is 0 Å². The lowest BCUT2D eigenvalue weighted by Gasteiger charge is -2.28. The summed E-state index contributed by atoms with van der Waals surface area (Å²) in [6, 6.07) is 0. The van der Waals surface area contributed by atoms with Gasteiger partial charge in [-0.1, -0.05) is 12.2 Å². The zero-order valence-electron chi connectivity index (χ0n) is 7.19. The minimum absolute atomic E-state index is 0.413. The summed E-state index contributed by atoms with van der Waals surface area (Å²) in [5, 5.41) is 8.94. The predicted molar refractivity (Wildman–Crippen MR) is 42.9 cm³/mol. The first-order valence-corrected chi connectivity index (χ1v) is 4.17. The van der Waals surface area contributed by atoms with E-state index in [1.54, 1.807) is 13.0 Å². The van der Waals surface area contributed by atoms with Crippen LogP contribution in [0.25, 0.3) is 0 Å².